The molecule has 0 aliphatic rings. The largest absolute Gasteiger partial charge is 0.495 e. The molecule has 21 heavy (non-hydrogen) atoms. The van der Waals surface area contributed by atoms with Crippen LogP contribution >= 0.6 is 0 Å². The molecule has 0 amide bonds. The first-order valence-electron chi connectivity index (χ1n) is 6.89. The van der Waals surface area contributed by atoms with Crippen molar-refractivity contribution in [2.24, 2.45) is 0 Å². The number of aromatic nitrogens is 4. The second-order valence-electron chi connectivity index (χ2n) is 4.65. The molecule has 108 valence electrons. The number of methoxy groups -OCH3 is 1. The Morgan fingerprint density at radius 1 is 1.24 bits per heavy atom. The zero-order valence-corrected chi connectivity index (χ0v) is 12.1. The van der Waals surface area contributed by atoms with E-state index in [-0.39, 0.29) is 0 Å². The monoisotopic (exact) mass is 283 g/mol. The number of nitrogens with zero attached hydrogens (tertiary/aromatic N) is 4. The van der Waals surface area contributed by atoms with Crippen LogP contribution in [0.3, 0.4) is 0 Å². The summed E-state index contributed by atoms with van der Waals surface area (Å²) >= 11 is 0. The summed E-state index contributed by atoms with van der Waals surface area (Å²) < 4.78 is 7.23. The summed E-state index contributed by atoms with van der Waals surface area (Å²) in [6, 6.07) is 1.94. The molecular weight excluding hydrogens is 266 g/mol. The molecule has 0 saturated heterocycles. The molecule has 0 bridgehead atoms. The Labute approximate surface area is 122 Å². The maximum absolute atomic E-state index is 5.22. The molecule has 0 saturated carbocycles. The van der Waals surface area contributed by atoms with Gasteiger partial charge >= 0.3 is 0 Å². The van der Waals surface area contributed by atoms with Crippen LogP contribution in [0.15, 0.2) is 37.1 Å². The summed E-state index contributed by atoms with van der Waals surface area (Å²) in [4.78, 5) is 13.0. The minimum absolute atomic E-state index is 0.723. The minimum Gasteiger partial charge on any atom is -0.495 e. The van der Waals surface area contributed by atoms with Crippen LogP contribution in [0.4, 0.5) is 5.82 Å². The SMILES string of the molecule is CCCNc1nccn2c(-c3cncc(OC)c3)cnc12. The molecule has 3 aromatic heterocycles. The van der Waals surface area contributed by atoms with E-state index in [2.05, 4.69) is 27.2 Å². The lowest BCUT2D eigenvalue weighted by Gasteiger charge is -2.07. The summed E-state index contributed by atoms with van der Waals surface area (Å²) in [5, 5.41) is 3.29. The van der Waals surface area contributed by atoms with E-state index in [9.17, 15) is 0 Å². The Bertz CT molecular complexity index is 753. The molecule has 1 N–H and O–H groups in total. The summed E-state index contributed by atoms with van der Waals surface area (Å²) in [7, 11) is 1.63. The highest BCUT2D eigenvalue weighted by Crippen LogP contribution is 2.25. The number of hydrogen-bond acceptors (Lipinski definition) is 5. The highest BCUT2D eigenvalue weighted by Gasteiger charge is 2.10. The van der Waals surface area contributed by atoms with E-state index in [1.54, 1.807) is 25.7 Å². The lowest BCUT2D eigenvalue weighted by atomic mass is 10.2. The molecule has 3 heterocycles. The Balaban J connectivity index is 2.07. The minimum atomic E-state index is 0.723. The predicted octanol–water partition coefficient (Wildman–Crippen LogP) is 2.62. The Kier molecular flexibility index (Phi) is 3.68. The fourth-order valence-electron chi connectivity index (χ4n) is 2.17. The van der Waals surface area contributed by atoms with Crippen molar-refractivity contribution in [1.29, 1.82) is 0 Å². The zero-order chi connectivity index (χ0) is 14.7. The van der Waals surface area contributed by atoms with E-state index in [1.165, 1.54) is 0 Å². The van der Waals surface area contributed by atoms with Gasteiger partial charge < -0.3 is 10.1 Å². The number of fused-ring (bicyclic) bond motifs is 1. The molecule has 0 spiro atoms. The topological polar surface area (TPSA) is 64.3 Å². The van der Waals surface area contributed by atoms with Gasteiger partial charge in [-0.25, -0.2) is 9.97 Å². The van der Waals surface area contributed by atoms with E-state index < -0.39 is 0 Å². The molecule has 0 atom stereocenters. The molecule has 6 nitrogen and oxygen atoms in total. The average Bonchev–Trinajstić information content (AvgIpc) is 2.97. The van der Waals surface area contributed by atoms with Crippen LogP contribution in [0, 0.1) is 0 Å². The van der Waals surface area contributed by atoms with Gasteiger partial charge in [0, 0.05) is 30.7 Å². The summed E-state index contributed by atoms with van der Waals surface area (Å²) in [5.74, 6) is 1.52. The standard InChI is InChI=1S/C15H17N5O/c1-3-4-17-14-15-19-10-13(20(15)6-5-18-14)11-7-12(21-2)9-16-8-11/h5-10H,3-4H2,1-2H3,(H,17,18). The third kappa shape index (κ3) is 2.52. The average molecular weight is 283 g/mol. The smallest absolute Gasteiger partial charge is 0.180 e. The highest BCUT2D eigenvalue weighted by atomic mass is 16.5. The van der Waals surface area contributed by atoms with Crippen LogP contribution in [0.1, 0.15) is 13.3 Å². The first-order chi connectivity index (χ1) is 10.3. The van der Waals surface area contributed by atoms with Gasteiger partial charge in [0.1, 0.15) is 5.75 Å². The van der Waals surface area contributed by atoms with E-state index in [1.807, 2.05) is 22.9 Å². The molecule has 6 heteroatoms. The molecule has 3 rings (SSSR count). The summed E-state index contributed by atoms with van der Waals surface area (Å²) in [6.07, 6.45) is 10.0. The Morgan fingerprint density at radius 2 is 2.14 bits per heavy atom. The first kappa shape index (κ1) is 13.4. The van der Waals surface area contributed by atoms with E-state index >= 15 is 0 Å². The van der Waals surface area contributed by atoms with Crippen molar-refractivity contribution in [2.45, 2.75) is 13.3 Å². The van der Waals surface area contributed by atoms with Crippen LogP contribution in [0.2, 0.25) is 0 Å². The molecule has 0 aliphatic heterocycles. The first-order valence-corrected chi connectivity index (χ1v) is 6.89. The summed E-state index contributed by atoms with van der Waals surface area (Å²) in [6.45, 7) is 2.99. The lowest BCUT2D eigenvalue weighted by Crippen LogP contribution is -2.04. The van der Waals surface area contributed by atoms with Gasteiger partial charge in [-0.1, -0.05) is 6.92 Å². The third-order valence-electron chi connectivity index (χ3n) is 3.22. The van der Waals surface area contributed by atoms with Gasteiger partial charge in [0.25, 0.3) is 0 Å². The van der Waals surface area contributed by atoms with Crippen molar-refractivity contribution in [2.75, 3.05) is 19.0 Å². The number of imidazole rings is 1. The van der Waals surface area contributed by atoms with Crippen molar-refractivity contribution in [3.63, 3.8) is 0 Å². The quantitative estimate of drug-likeness (QED) is 0.779. The molecule has 0 aromatic carbocycles. The number of anilines is 1. The van der Waals surface area contributed by atoms with Gasteiger partial charge in [-0.05, 0) is 12.5 Å². The van der Waals surface area contributed by atoms with E-state index in [0.29, 0.717) is 0 Å². The van der Waals surface area contributed by atoms with Crippen molar-refractivity contribution < 1.29 is 4.74 Å². The van der Waals surface area contributed by atoms with Gasteiger partial charge in [0.05, 0.1) is 25.2 Å². The molecule has 3 aromatic rings. The normalized spacial score (nSPS) is 10.8. The molecule has 0 fully saturated rings. The van der Waals surface area contributed by atoms with Gasteiger partial charge in [-0.2, -0.15) is 0 Å². The third-order valence-corrected chi connectivity index (χ3v) is 3.22. The second-order valence-corrected chi connectivity index (χ2v) is 4.65. The van der Waals surface area contributed by atoms with Crippen LogP contribution in [0.5, 0.6) is 5.75 Å². The van der Waals surface area contributed by atoms with Crippen LogP contribution in [-0.2, 0) is 0 Å². The second kappa shape index (κ2) is 5.78. The van der Waals surface area contributed by atoms with E-state index in [4.69, 9.17) is 4.74 Å². The van der Waals surface area contributed by atoms with Gasteiger partial charge in [-0.3, -0.25) is 9.38 Å². The zero-order valence-electron chi connectivity index (χ0n) is 12.1. The molecule has 0 unspecified atom stereocenters. The lowest BCUT2D eigenvalue weighted by molar-refractivity contribution is 0.413. The Hall–Kier alpha value is -2.63. The number of rotatable bonds is 5. The van der Waals surface area contributed by atoms with E-state index in [0.717, 1.165) is 41.4 Å². The Morgan fingerprint density at radius 3 is 2.95 bits per heavy atom. The number of pyridine rings is 1. The summed E-state index contributed by atoms with van der Waals surface area (Å²) in [5.41, 5.74) is 2.72. The molecule has 0 aliphatic carbocycles. The van der Waals surface area contributed by atoms with Crippen LogP contribution in [0.25, 0.3) is 16.9 Å². The van der Waals surface area contributed by atoms with Crippen molar-refractivity contribution in [3.8, 4) is 17.0 Å². The fourth-order valence-corrected chi connectivity index (χ4v) is 2.17. The van der Waals surface area contributed by atoms with Crippen molar-refractivity contribution in [1.82, 2.24) is 19.4 Å². The maximum Gasteiger partial charge on any atom is 0.180 e. The fraction of sp³-hybridized carbons (Fsp3) is 0.267. The molecular formula is C15H17N5O. The number of ether oxygens (including phenoxy) is 1. The van der Waals surface area contributed by atoms with Crippen LogP contribution in [-0.4, -0.2) is 33.0 Å². The van der Waals surface area contributed by atoms with Gasteiger partial charge in [-0.15, -0.1) is 0 Å². The van der Waals surface area contributed by atoms with Gasteiger partial charge in [0.15, 0.2) is 11.5 Å². The number of nitrogens with one attached hydrogen (secondary N) is 1. The highest BCUT2D eigenvalue weighted by molar-refractivity contribution is 5.70. The number of hydrogen-bond donors (Lipinski definition) is 1. The van der Waals surface area contributed by atoms with Crippen molar-refractivity contribution >= 4 is 11.5 Å². The van der Waals surface area contributed by atoms with Crippen LogP contribution < -0.4 is 10.1 Å². The molecule has 0 radical (unpaired) electrons. The maximum atomic E-state index is 5.22. The predicted molar refractivity (Wildman–Crippen MR) is 81.6 cm³/mol. The van der Waals surface area contributed by atoms with Gasteiger partial charge in [0.2, 0.25) is 0 Å². The van der Waals surface area contributed by atoms with Crippen molar-refractivity contribution in [3.05, 3.63) is 37.1 Å².